The van der Waals surface area contributed by atoms with Crippen molar-refractivity contribution in [3.05, 3.63) is 59.4 Å². The maximum atomic E-state index is 13.7. The van der Waals surface area contributed by atoms with Gasteiger partial charge in [-0.3, -0.25) is 4.79 Å². The van der Waals surface area contributed by atoms with Gasteiger partial charge in [-0.25, -0.2) is 9.37 Å². The molecule has 126 valence electrons. The van der Waals surface area contributed by atoms with E-state index in [1.807, 2.05) is 43.3 Å². The second kappa shape index (κ2) is 5.93. The molecule has 1 N–H and O–H groups in total. The van der Waals surface area contributed by atoms with Crippen molar-refractivity contribution in [2.45, 2.75) is 0 Å². The Hall–Kier alpha value is -2.79. The fourth-order valence-corrected chi connectivity index (χ4v) is 3.30. The van der Waals surface area contributed by atoms with Crippen molar-refractivity contribution in [2.24, 2.45) is 0 Å². The van der Waals surface area contributed by atoms with Crippen molar-refractivity contribution in [1.82, 2.24) is 9.88 Å². The van der Waals surface area contributed by atoms with Crippen LogP contribution in [-0.2, 0) is 0 Å². The van der Waals surface area contributed by atoms with E-state index in [1.54, 1.807) is 6.07 Å². The normalized spacial score (nSPS) is 12.6. The zero-order valence-electron chi connectivity index (χ0n) is 14.1. The molecule has 0 saturated carbocycles. The molecule has 0 saturated heterocycles. The van der Waals surface area contributed by atoms with Gasteiger partial charge in [-0.15, -0.1) is 0 Å². The van der Waals surface area contributed by atoms with E-state index in [9.17, 15) is 9.18 Å². The van der Waals surface area contributed by atoms with Gasteiger partial charge < -0.3 is 10.2 Å². The third-order valence-electron chi connectivity index (χ3n) is 4.47. The van der Waals surface area contributed by atoms with Crippen LogP contribution in [0.1, 0.15) is 15.9 Å². The van der Waals surface area contributed by atoms with Crippen molar-refractivity contribution in [1.29, 1.82) is 0 Å². The van der Waals surface area contributed by atoms with Crippen LogP contribution in [-0.4, -0.2) is 42.9 Å². The molecule has 4 rings (SSSR count). The highest BCUT2D eigenvalue weighted by Gasteiger charge is 2.31. The number of benzene rings is 2. The number of hydrogen-bond acceptors (Lipinski definition) is 4. The van der Waals surface area contributed by atoms with Gasteiger partial charge in [0.1, 0.15) is 11.6 Å². The fourth-order valence-electron chi connectivity index (χ4n) is 3.30. The molecular weight excluding hydrogens is 317 g/mol. The van der Waals surface area contributed by atoms with Gasteiger partial charge in [0, 0.05) is 35.7 Å². The van der Waals surface area contributed by atoms with Crippen molar-refractivity contribution in [3.8, 4) is 11.1 Å². The Morgan fingerprint density at radius 2 is 1.84 bits per heavy atom. The van der Waals surface area contributed by atoms with Crippen molar-refractivity contribution >= 4 is 22.5 Å². The second-order valence-electron chi connectivity index (χ2n) is 6.48. The summed E-state index contributed by atoms with van der Waals surface area (Å²) in [6.45, 7) is 1.45. The van der Waals surface area contributed by atoms with Crippen molar-refractivity contribution in [3.63, 3.8) is 0 Å². The van der Waals surface area contributed by atoms with Crippen LogP contribution in [0, 0.1) is 5.82 Å². The molecule has 1 heterocycles. The summed E-state index contributed by atoms with van der Waals surface area (Å²) in [5.74, 6) is 0.157. The molecule has 0 bridgehead atoms. The predicted molar refractivity (Wildman–Crippen MR) is 97.6 cm³/mol. The number of anilines is 1. The van der Waals surface area contributed by atoms with Crippen LogP contribution in [0.3, 0.4) is 0 Å². The monoisotopic (exact) mass is 335 g/mol. The van der Waals surface area contributed by atoms with Gasteiger partial charge in [-0.1, -0.05) is 24.3 Å². The molecule has 4 nitrogen and oxygen atoms in total. The number of ketones is 1. The number of pyridine rings is 1. The van der Waals surface area contributed by atoms with Crippen molar-refractivity contribution in [2.75, 3.05) is 32.5 Å². The summed E-state index contributed by atoms with van der Waals surface area (Å²) in [6, 6.07) is 12.1. The first-order valence-corrected chi connectivity index (χ1v) is 8.22. The highest BCUT2D eigenvalue weighted by molar-refractivity contribution is 6.27. The molecule has 0 atom stereocenters. The average Bonchev–Trinajstić information content (AvgIpc) is 2.88. The molecule has 0 spiro atoms. The van der Waals surface area contributed by atoms with E-state index in [4.69, 9.17) is 0 Å². The van der Waals surface area contributed by atoms with E-state index in [1.165, 1.54) is 12.1 Å². The zero-order valence-corrected chi connectivity index (χ0v) is 14.1. The quantitative estimate of drug-likeness (QED) is 0.619. The summed E-state index contributed by atoms with van der Waals surface area (Å²) in [5.41, 5.74) is 3.54. The first kappa shape index (κ1) is 15.7. The molecule has 25 heavy (non-hydrogen) atoms. The summed E-state index contributed by atoms with van der Waals surface area (Å²) in [7, 11) is 3.96. The Bertz CT molecular complexity index is 998. The molecule has 0 unspecified atom stereocenters. The number of nitrogens with zero attached hydrogens (tertiary/aromatic N) is 2. The number of halogens is 1. The molecule has 1 aliphatic carbocycles. The van der Waals surface area contributed by atoms with E-state index in [0.29, 0.717) is 29.0 Å². The number of rotatable bonds is 4. The Labute approximate surface area is 145 Å². The van der Waals surface area contributed by atoms with Gasteiger partial charge in [0.25, 0.3) is 0 Å². The summed E-state index contributed by atoms with van der Waals surface area (Å²) in [6.07, 6.45) is 0. The van der Waals surface area contributed by atoms with Gasteiger partial charge in [0.2, 0.25) is 0 Å². The van der Waals surface area contributed by atoms with Gasteiger partial charge in [0.15, 0.2) is 5.78 Å². The first-order valence-electron chi connectivity index (χ1n) is 8.22. The molecule has 0 radical (unpaired) electrons. The third kappa shape index (κ3) is 2.57. The molecule has 2 aromatic carbocycles. The highest BCUT2D eigenvalue weighted by atomic mass is 19.1. The Balaban J connectivity index is 1.94. The minimum Gasteiger partial charge on any atom is -0.368 e. The number of carbonyl (C=O) groups excluding carboxylic acids is 1. The van der Waals surface area contributed by atoms with Crippen LogP contribution in [0.2, 0.25) is 0 Å². The average molecular weight is 335 g/mol. The summed E-state index contributed by atoms with van der Waals surface area (Å²) in [5, 5.41) is 4.06. The summed E-state index contributed by atoms with van der Waals surface area (Å²) < 4.78 is 13.7. The maximum Gasteiger partial charge on any atom is 0.198 e. The van der Waals surface area contributed by atoms with Crippen LogP contribution in [0.4, 0.5) is 10.2 Å². The van der Waals surface area contributed by atoms with Crippen LogP contribution in [0.25, 0.3) is 22.0 Å². The predicted octanol–water partition coefficient (Wildman–Crippen LogP) is 3.56. The van der Waals surface area contributed by atoms with E-state index in [2.05, 4.69) is 10.3 Å². The topological polar surface area (TPSA) is 45.2 Å². The zero-order chi connectivity index (χ0) is 17.6. The lowest BCUT2D eigenvalue weighted by molar-refractivity contribution is 0.104. The van der Waals surface area contributed by atoms with Gasteiger partial charge in [-0.05, 0) is 31.8 Å². The number of nitrogens with one attached hydrogen (secondary N) is 1. The van der Waals surface area contributed by atoms with E-state index < -0.39 is 0 Å². The Kier molecular flexibility index (Phi) is 3.73. The van der Waals surface area contributed by atoms with Gasteiger partial charge in [0.05, 0.1) is 11.1 Å². The number of carbonyl (C=O) groups is 1. The molecule has 5 heteroatoms. The van der Waals surface area contributed by atoms with Crippen molar-refractivity contribution < 1.29 is 9.18 Å². The number of likely N-dealkylation sites (N-methyl/N-ethyl adjacent to an activating group) is 1. The van der Waals surface area contributed by atoms with Crippen LogP contribution >= 0.6 is 0 Å². The lowest BCUT2D eigenvalue weighted by Crippen LogP contribution is -2.22. The van der Waals surface area contributed by atoms with Crippen LogP contribution in [0.5, 0.6) is 0 Å². The Morgan fingerprint density at radius 3 is 2.60 bits per heavy atom. The highest BCUT2D eigenvalue weighted by Crippen LogP contribution is 2.43. The van der Waals surface area contributed by atoms with E-state index in [-0.39, 0.29) is 11.6 Å². The van der Waals surface area contributed by atoms with E-state index >= 15 is 0 Å². The standard InChI is InChI=1S/C20H18FN3O/c1-24(2)10-9-22-20-18-17(13-5-3-4-6-14(13)19(18)25)15-8-7-12(21)11-16(15)23-20/h3-8,11H,9-10H2,1-2H3,(H,22,23). The number of fused-ring (bicyclic) bond motifs is 5. The maximum absolute atomic E-state index is 13.7. The van der Waals surface area contributed by atoms with Gasteiger partial charge in [-0.2, -0.15) is 0 Å². The first-order chi connectivity index (χ1) is 12.1. The molecule has 0 amide bonds. The molecule has 0 fully saturated rings. The van der Waals surface area contributed by atoms with Crippen LogP contribution < -0.4 is 5.32 Å². The number of aromatic nitrogens is 1. The second-order valence-corrected chi connectivity index (χ2v) is 6.48. The molecule has 0 aliphatic heterocycles. The molecule has 1 aliphatic rings. The lowest BCUT2D eigenvalue weighted by Gasteiger charge is -2.14. The molecular formula is C20H18FN3O. The smallest absolute Gasteiger partial charge is 0.198 e. The summed E-state index contributed by atoms with van der Waals surface area (Å²) >= 11 is 0. The molecule has 1 aromatic heterocycles. The van der Waals surface area contributed by atoms with Crippen LogP contribution in [0.15, 0.2) is 42.5 Å². The molecule has 3 aromatic rings. The van der Waals surface area contributed by atoms with E-state index in [0.717, 1.165) is 23.1 Å². The summed E-state index contributed by atoms with van der Waals surface area (Å²) in [4.78, 5) is 19.5. The largest absolute Gasteiger partial charge is 0.368 e. The minimum absolute atomic E-state index is 0.0309. The number of hydrogen-bond donors (Lipinski definition) is 1. The Morgan fingerprint density at radius 1 is 1.08 bits per heavy atom. The SMILES string of the molecule is CN(C)CCNc1nc2cc(F)ccc2c2c1C(=O)c1ccccc1-2. The fraction of sp³-hybridized carbons (Fsp3) is 0.200. The third-order valence-corrected chi connectivity index (χ3v) is 4.47. The minimum atomic E-state index is -0.336. The lowest BCUT2D eigenvalue weighted by atomic mass is 10.0. The van der Waals surface area contributed by atoms with Gasteiger partial charge >= 0.3 is 0 Å².